The lowest BCUT2D eigenvalue weighted by molar-refractivity contribution is 0.176. The summed E-state index contributed by atoms with van der Waals surface area (Å²) in [4.78, 5) is 0. The van der Waals surface area contributed by atoms with Crippen molar-refractivity contribution in [3.05, 3.63) is 34.9 Å². The van der Waals surface area contributed by atoms with Crippen LogP contribution in [-0.2, 0) is 0 Å². The minimum Gasteiger partial charge on any atom is -0.396 e. The van der Waals surface area contributed by atoms with E-state index in [2.05, 4.69) is 37.4 Å². The topological polar surface area (TPSA) is 32.3 Å². The maximum Gasteiger partial charge on any atom is 0.0466 e. The first-order valence-corrected chi connectivity index (χ1v) is 6.11. The number of nitrogens with one attached hydrogen (secondary N) is 1. The Morgan fingerprint density at radius 2 is 2.12 bits per heavy atom. The fourth-order valence-electron chi connectivity index (χ4n) is 2.52. The van der Waals surface area contributed by atoms with Gasteiger partial charge in [0.15, 0.2) is 0 Å². The number of benzene rings is 1. The van der Waals surface area contributed by atoms with E-state index in [1.54, 1.807) is 0 Å². The SMILES string of the molecule is Cc1ccc(C2CNCCC2CO)cc1C. The Kier molecular flexibility index (Phi) is 3.62. The van der Waals surface area contributed by atoms with Crippen molar-refractivity contribution in [3.63, 3.8) is 0 Å². The lowest BCUT2D eigenvalue weighted by Crippen LogP contribution is -2.36. The molecule has 88 valence electrons. The molecule has 1 heterocycles. The Balaban J connectivity index is 2.23. The fraction of sp³-hybridized carbons (Fsp3) is 0.571. The van der Waals surface area contributed by atoms with Gasteiger partial charge in [-0.05, 0) is 49.4 Å². The molecule has 1 aliphatic heterocycles. The number of aliphatic hydroxyl groups excluding tert-OH is 1. The summed E-state index contributed by atoms with van der Waals surface area (Å²) in [5.41, 5.74) is 4.06. The second kappa shape index (κ2) is 4.98. The number of aryl methyl sites for hydroxylation is 2. The number of hydrogen-bond acceptors (Lipinski definition) is 2. The maximum atomic E-state index is 9.42. The Hall–Kier alpha value is -0.860. The van der Waals surface area contributed by atoms with E-state index in [0.717, 1.165) is 19.5 Å². The van der Waals surface area contributed by atoms with E-state index in [-0.39, 0.29) is 0 Å². The van der Waals surface area contributed by atoms with Gasteiger partial charge in [0.05, 0.1) is 0 Å². The predicted octanol–water partition coefficient (Wildman–Crippen LogP) is 1.99. The molecule has 1 fully saturated rings. The second-order valence-electron chi connectivity index (χ2n) is 4.89. The van der Waals surface area contributed by atoms with Crippen LogP contribution in [0.3, 0.4) is 0 Å². The first-order valence-electron chi connectivity index (χ1n) is 6.11. The molecule has 1 saturated heterocycles. The molecule has 1 aliphatic rings. The summed E-state index contributed by atoms with van der Waals surface area (Å²) in [5, 5.41) is 12.8. The van der Waals surface area contributed by atoms with Crippen LogP contribution < -0.4 is 5.32 Å². The molecule has 2 heteroatoms. The zero-order valence-electron chi connectivity index (χ0n) is 10.2. The summed E-state index contributed by atoms with van der Waals surface area (Å²) in [6.45, 7) is 6.63. The van der Waals surface area contributed by atoms with Crippen LogP contribution in [-0.4, -0.2) is 24.8 Å². The van der Waals surface area contributed by atoms with Gasteiger partial charge in [0.25, 0.3) is 0 Å². The van der Waals surface area contributed by atoms with Gasteiger partial charge in [-0.1, -0.05) is 18.2 Å². The molecule has 16 heavy (non-hydrogen) atoms. The van der Waals surface area contributed by atoms with Crippen LogP contribution in [0, 0.1) is 19.8 Å². The van der Waals surface area contributed by atoms with Crippen LogP contribution in [0.1, 0.15) is 29.0 Å². The van der Waals surface area contributed by atoms with Crippen LogP contribution in [0.15, 0.2) is 18.2 Å². The summed E-state index contributed by atoms with van der Waals surface area (Å²) >= 11 is 0. The summed E-state index contributed by atoms with van der Waals surface area (Å²) in [7, 11) is 0. The van der Waals surface area contributed by atoms with Gasteiger partial charge >= 0.3 is 0 Å². The van der Waals surface area contributed by atoms with Crippen LogP contribution in [0.5, 0.6) is 0 Å². The third-order valence-corrected chi connectivity index (χ3v) is 3.82. The minimum atomic E-state index is 0.305. The first kappa shape index (κ1) is 11.6. The number of aliphatic hydroxyl groups is 1. The highest BCUT2D eigenvalue weighted by Crippen LogP contribution is 2.29. The van der Waals surface area contributed by atoms with Gasteiger partial charge < -0.3 is 10.4 Å². The van der Waals surface area contributed by atoms with Crippen molar-refractivity contribution in [3.8, 4) is 0 Å². The Labute approximate surface area is 97.7 Å². The Morgan fingerprint density at radius 1 is 1.31 bits per heavy atom. The molecule has 0 spiro atoms. The number of rotatable bonds is 2. The lowest BCUT2D eigenvalue weighted by atomic mass is 9.81. The highest BCUT2D eigenvalue weighted by Gasteiger charge is 2.25. The van der Waals surface area contributed by atoms with Crippen molar-refractivity contribution in [1.82, 2.24) is 5.32 Å². The molecule has 2 N–H and O–H groups in total. The third kappa shape index (κ3) is 2.28. The van der Waals surface area contributed by atoms with Crippen molar-refractivity contribution in [1.29, 1.82) is 0 Å². The smallest absolute Gasteiger partial charge is 0.0466 e. The zero-order chi connectivity index (χ0) is 11.5. The number of hydrogen-bond donors (Lipinski definition) is 2. The Bertz CT molecular complexity index is 362. The van der Waals surface area contributed by atoms with Crippen LogP contribution in [0.4, 0.5) is 0 Å². The molecule has 1 aromatic carbocycles. The van der Waals surface area contributed by atoms with Crippen molar-refractivity contribution < 1.29 is 5.11 Å². The van der Waals surface area contributed by atoms with Crippen LogP contribution in [0.25, 0.3) is 0 Å². The average molecular weight is 219 g/mol. The predicted molar refractivity (Wildman–Crippen MR) is 66.7 cm³/mol. The molecule has 0 aliphatic carbocycles. The normalized spacial score (nSPS) is 25.7. The van der Waals surface area contributed by atoms with Crippen molar-refractivity contribution in [2.45, 2.75) is 26.2 Å². The lowest BCUT2D eigenvalue weighted by Gasteiger charge is -2.31. The van der Waals surface area contributed by atoms with Gasteiger partial charge in [-0.3, -0.25) is 0 Å². The molecule has 1 aromatic rings. The standard InChI is InChI=1S/C14H21NO/c1-10-3-4-12(7-11(10)2)14-8-15-6-5-13(14)9-16/h3-4,7,13-16H,5-6,8-9H2,1-2H3. The van der Waals surface area contributed by atoms with Gasteiger partial charge in [-0.25, -0.2) is 0 Å². The first-order chi connectivity index (χ1) is 7.72. The van der Waals surface area contributed by atoms with Gasteiger partial charge in [0.1, 0.15) is 0 Å². The van der Waals surface area contributed by atoms with Gasteiger partial charge in [-0.2, -0.15) is 0 Å². The molecule has 2 unspecified atom stereocenters. The quantitative estimate of drug-likeness (QED) is 0.797. The summed E-state index contributed by atoms with van der Waals surface area (Å²) < 4.78 is 0. The summed E-state index contributed by atoms with van der Waals surface area (Å²) in [6, 6.07) is 6.67. The molecule has 0 aromatic heterocycles. The monoisotopic (exact) mass is 219 g/mol. The molecule has 2 nitrogen and oxygen atoms in total. The van der Waals surface area contributed by atoms with E-state index in [4.69, 9.17) is 0 Å². The summed E-state index contributed by atoms with van der Waals surface area (Å²) in [6.07, 6.45) is 1.08. The zero-order valence-corrected chi connectivity index (χ0v) is 10.2. The van der Waals surface area contributed by atoms with Crippen molar-refractivity contribution in [2.75, 3.05) is 19.7 Å². The van der Waals surface area contributed by atoms with Crippen molar-refractivity contribution in [2.24, 2.45) is 5.92 Å². The van der Waals surface area contributed by atoms with E-state index in [1.165, 1.54) is 16.7 Å². The van der Waals surface area contributed by atoms with E-state index < -0.39 is 0 Å². The molecule has 2 rings (SSSR count). The fourth-order valence-corrected chi connectivity index (χ4v) is 2.52. The molecule has 0 amide bonds. The molecular formula is C14H21NO. The summed E-state index contributed by atoms with van der Waals surface area (Å²) in [5.74, 6) is 0.890. The highest BCUT2D eigenvalue weighted by molar-refractivity contribution is 5.32. The highest BCUT2D eigenvalue weighted by atomic mass is 16.3. The molecule has 0 radical (unpaired) electrons. The molecule has 0 bridgehead atoms. The van der Waals surface area contributed by atoms with E-state index >= 15 is 0 Å². The third-order valence-electron chi connectivity index (χ3n) is 3.82. The maximum absolute atomic E-state index is 9.42. The van der Waals surface area contributed by atoms with Gasteiger partial charge in [-0.15, -0.1) is 0 Å². The van der Waals surface area contributed by atoms with Crippen LogP contribution >= 0.6 is 0 Å². The van der Waals surface area contributed by atoms with E-state index in [9.17, 15) is 5.11 Å². The van der Waals surface area contributed by atoms with Crippen LogP contribution in [0.2, 0.25) is 0 Å². The Morgan fingerprint density at radius 3 is 2.81 bits per heavy atom. The molecule has 0 saturated carbocycles. The van der Waals surface area contributed by atoms with Gasteiger partial charge in [0.2, 0.25) is 0 Å². The second-order valence-corrected chi connectivity index (χ2v) is 4.89. The van der Waals surface area contributed by atoms with Gasteiger partial charge in [0, 0.05) is 19.1 Å². The van der Waals surface area contributed by atoms with E-state index in [0.29, 0.717) is 18.4 Å². The van der Waals surface area contributed by atoms with E-state index in [1.807, 2.05) is 0 Å². The molecule has 2 atom stereocenters. The van der Waals surface area contributed by atoms with Crippen molar-refractivity contribution >= 4 is 0 Å². The average Bonchev–Trinajstić information content (AvgIpc) is 2.32. The minimum absolute atomic E-state index is 0.305. The molecular weight excluding hydrogens is 198 g/mol. The largest absolute Gasteiger partial charge is 0.396 e. The number of piperidine rings is 1.